The Morgan fingerprint density at radius 1 is 1.43 bits per heavy atom. The van der Waals surface area contributed by atoms with Crippen LogP contribution in [0.2, 0.25) is 0 Å². The molecule has 0 aliphatic heterocycles. The van der Waals surface area contributed by atoms with Gasteiger partial charge in [0.2, 0.25) is 5.95 Å². The van der Waals surface area contributed by atoms with Crippen LogP contribution in [0, 0.1) is 5.92 Å². The Labute approximate surface area is 122 Å². The van der Waals surface area contributed by atoms with Crippen molar-refractivity contribution in [2.75, 3.05) is 5.73 Å². The summed E-state index contributed by atoms with van der Waals surface area (Å²) in [5.74, 6) is 1.12. The van der Waals surface area contributed by atoms with Gasteiger partial charge in [-0.2, -0.15) is 0 Å². The van der Waals surface area contributed by atoms with Crippen LogP contribution in [-0.2, 0) is 0 Å². The van der Waals surface area contributed by atoms with E-state index in [-0.39, 0.29) is 6.04 Å². The van der Waals surface area contributed by atoms with E-state index in [9.17, 15) is 0 Å². The topological polar surface area (TPSA) is 98.5 Å². The number of aromatic amines is 1. The molecule has 3 atom stereocenters. The molecule has 110 valence electrons. The predicted octanol–water partition coefficient (Wildman–Crippen LogP) is 2.18. The summed E-state index contributed by atoms with van der Waals surface area (Å²) in [5, 5.41) is 1.08. The van der Waals surface area contributed by atoms with Gasteiger partial charge in [-0.1, -0.05) is 13.3 Å². The van der Waals surface area contributed by atoms with Crippen LogP contribution in [0.4, 0.5) is 5.95 Å². The number of hydrogen-bond acceptors (Lipinski definition) is 4. The Kier molecular flexibility index (Phi) is 2.68. The van der Waals surface area contributed by atoms with Crippen molar-refractivity contribution in [2.24, 2.45) is 11.7 Å². The largest absolute Gasteiger partial charge is 0.369 e. The van der Waals surface area contributed by atoms with E-state index in [0.717, 1.165) is 41.3 Å². The van der Waals surface area contributed by atoms with Gasteiger partial charge in [-0.05, 0) is 24.8 Å². The molecule has 3 heterocycles. The molecule has 6 heteroatoms. The van der Waals surface area contributed by atoms with Gasteiger partial charge in [0.25, 0.3) is 0 Å². The number of nitrogens with one attached hydrogen (secondary N) is 1. The van der Waals surface area contributed by atoms with E-state index in [1.165, 1.54) is 0 Å². The highest BCUT2D eigenvalue weighted by atomic mass is 15.2. The molecule has 5 N–H and O–H groups in total. The van der Waals surface area contributed by atoms with Crippen LogP contribution in [0.1, 0.15) is 32.2 Å². The third-order valence-electron chi connectivity index (χ3n) is 4.81. The molecule has 1 aliphatic carbocycles. The number of anilines is 1. The number of fused-ring (bicyclic) bond motifs is 3. The number of nitrogens with zero attached hydrogens (tertiary/aromatic N) is 3. The summed E-state index contributed by atoms with van der Waals surface area (Å²) in [6.45, 7) is 2.22. The zero-order valence-corrected chi connectivity index (χ0v) is 12.1. The molecular weight excluding hydrogens is 264 g/mol. The van der Waals surface area contributed by atoms with Gasteiger partial charge in [0.1, 0.15) is 11.2 Å². The maximum absolute atomic E-state index is 6.23. The van der Waals surface area contributed by atoms with Crippen LogP contribution >= 0.6 is 0 Å². The fourth-order valence-electron chi connectivity index (χ4n) is 3.85. The lowest BCUT2D eigenvalue weighted by molar-refractivity contribution is 0.381. The first kappa shape index (κ1) is 12.6. The minimum Gasteiger partial charge on any atom is -0.369 e. The molecule has 1 fully saturated rings. The molecule has 3 aromatic heterocycles. The minimum atomic E-state index is 0.250. The fourth-order valence-corrected chi connectivity index (χ4v) is 3.85. The molecule has 4 rings (SSSR count). The molecule has 0 bridgehead atoms. The Bertz CT molecular complexity index is 801. The van der Waals surface area contributed by atoms with Crippen LogP contribution in [-0.4, -0.2) is 25.6 Å². The molecule has 6 nitrogen and oxygen atoms in total. The first-order valence-corrected chi connectivity index (χ1v) is 7.54. The lowest BCUT2D eigenvalue weighted by atomic mass is 10.00. The summed E-state index contributed by atoms with van der Waals surface area (Å²) >= 11 is 0. The van der Waals surface area contributed by atoms with Crippen LogP contribution in [0.3, 0.4) is 0 Å². The summed E-state index contributed by atoms with van der Waals surface area (Å²) in [7, 11) is 0. The van der Waals surface area contributed by atoms with Crippen molar-refractivity contribution in [1.82, 2.24) is 19.5 Å². The van der Waals surface area contributed by atoms with Crippen molar-refractivity contribution in [3.63, 3.8) is 0 Å². The number of H-pyrrole nitrogens is 1. The van der Waals surface area contributed by atoms with Crippen LogP contribution in [0.5, 0.6) is 0 Å². The average Bonchev–Trinajstić information content (AvgIpc) is 3.13. The van der Waals surface area contributed by atoms with Crippen molar-refractivity contribution < 1.29 is 0 Å². The summed E-state index contributed by atoms with van der Waals surface area (Å²) in [6, 6.07) is 2.62. The predicted molar refractivity (Wildman–Crippen MR) is 83.8 cm³/mol. The number of imidazole rings is 1. The number of nitrogen functional groups attached to an aromatic ring is 1. The minimum absolute atomic E-state index is 0.250. The second-order valence-corrected chi connectivity index (χ2v) is 6.04. The lowest BCUT2D eigenvalue weighted by Crippen LogP contribution is -2.17. The second kappa shape index (κ2) is 4.46. The third kappa shape index (κ3) is 1.75. The monoisotopic (exact) mass is 284 g/mol. The molecule has 0 spiro atoms. The first-order chi connectivity index (χ1) is 10.2. The number of nitrogens with two attached hydrogens (primary N) is 2. The molecule has 21 heavy (non-hydrogen) atoms. The second-order valence-electron chi connectivity index (χ2n) is 6.04. The fraction of sp³-hybridized carbons (Fsp3) is 0.467. The molecule has 0 amide bonds. The van der Waals surface area contributed by atoms with Gasteiger partial charge >= 0.3 is 0 Å². The van der Waals surface area contributed by atoms with E-state index in [2.05, 4.69) is 26.4 Å². The number of pyridine rings is 1. The number of aromatic nitrogens is 4. The summed E-state index contributed by atoms with van der Waals surface area (Å²) in [5.41, 5.74) is 15.2. The highest BCUT2D eigenvalue weighted by Gasteiger charge is 2.34. The van der Waals surface area contributed by atoms with Gasteiger partial charge in [0, 0.05) is 23.7 Å². The lowest BCUT2D eigenvalue weighted by Gasteiger charge is -2.21. The molecule has 0 unspecified atom stereocenters. The third-order valence-corrected chi connectivity index (χ3v) is 4.81. The van der Waals surface area contributed by atoms with Gasteiger partial charge in [-0.15, -0.1) is 0 Å². The Hall–Kier alpha value is -2.08. The SMILES string of the molecule is CC[C@@H]1C[C@H](N)C[C@@H]1n1c(N)nc2cnc3[nH]ccc3c21. The Morgan fingerprint density at radius 2 is 2.29 bits per heavy atom. The summed E-state index contributed by atoms with van der Waals surface area (Å²) < 4.78 is 2.19. The smallest absolute Gasteiger partial charge is 0.201 e. The maximum atomic E-state index is 6.23. The molecular formula is C15H20N6. The van der Waals surface area contributed by atoms with E-state index in [0.29, 0.717) is 17.9 Å². The molecule has 3 aromatic rings. The van der Waals surface area contributed by atoms with Crippen molar-refractivity contribution >= 4 is 28.0 Å². The van der Waals surface area contributed by atoms with Crippen LogP contribution in [0.25, 0.3) is 22.1 Å². The maximum Gasteiger partial charge on any atom is 0.201 e. The molecule has 1 saturated carbocycles. The molecule has 0 radical (unpaired) electrons. The van der Waals surface area contributed by atoms with Crippen LogP contribution in [0.15, 0.2) is 18.5 Å². The molecule has 0 aromatic carbocycles. The van der Waals surface area contributed by atoms with Gasteiger partial charge < -0.3 is 21.0 Å². The van der Waals surface area contributed by atoms with Crippen molar-refractivity contribution in [3.05, 3.63) is 18.5 Å². The Balaban J connectivity index is 1.99. The zero-order valence-electron chi connectivity index (χ0n) is 12.1. The van der Waals surface area contributed by atoms with Gasteiger partial charge in [-0.25, -0.2) is 9.97 Å². The van der Waals surface area contributed by atoms with E-state index in [1.54, 1.807) is 6.20 Å². The van der Waals surface area contributed by atoms with E-state index < -0.39 is 0 Å². The van der Waals surface area contributed by atoms with E-state index in [1.807, 2.05) is 12.3 Å². The van der Waals surface area contributed by atoms with Crippen molar-refractivity contribution in [1.29, 1.82) is 0 Å². The highest BCUT2D eigenvalue weighted by molar-refractivity contribution is 6.02. The van der Waals surface area contributed by atoms with Gasteiger partial charge in [0.05, 0.1) is 11.7 Å². The van der Waals surface area contributed by atoms with Crippen molar-refractivity contribution in [3.8, 4) is 0 Å². The zero-order chi connectivity index (χ0) is 14.6. The van der Waals surface area contributed by atoms with Crippen molar-refractivity contribution in [2.45, 2.75) is 38.3 Å². The molecule has 0 saturated heterocycles. The summed E-state index contributed by atoms with van der Waals surface area (Å²) in [6.07, 6.45) is 6.82. The standard InChI is InChI=1S/C15H20N6/c1-2-8-5-9(16)6-12(8)21-13-10-3-4-18-14(10)19-7-11(13)20-15(21)17/h3-4,7-9,12H,2,5-6,16H2,1H3,(H2,17,20)(H,18,19)/t8-,9+,12+/m1/s1. The molecule has 1 aliphatic rings. The quantitative estimate of drug-likeness (QED) is 0.671. The van der Waals surface area contributed by atoms with Crippen LogP contribution < -0.4 is 11.5 Å². The highest BCUT2D eigenvalue weighted by Crippen LogP contribution is 2.41. The normalized spacial score (nSPS) is 26.1. The van der Waals surface area contributed by atoms with Gasteiger partial charge in [0.15, 0.2) is 0 Å². The van der Waals surface area contributed by atoms with Gasteiger partial charge in [-0.3, -0.25) is 0 Å². The summed E-state index contributed by atoms with van der Waals surface area (Å²) in [4.78, 5) is 12.1. The first-order valence-electron chi connectivity index (χ1n) is 7.54. The number of hydrogen-bond donors (Lipinski definition) is 3. The number of rotatable bonds is 2. The average molecular weight is 284 g/mol. The van der Waals surface area contributed by atoms with E-state index in [4.69, 9.17) is 11.5 Å². The van der Waals surface area contributed by atoms with E-state index >= 15 is 0 Å². The Morgan fingerprint density at radius 3 is 3.10 bits per heavy atom.